The van der Waals surface area contributed by atoms with Gasteiger partial charge in [-0.1, -0.05) is 29.8 Å². The minimum atomic E-state index is 0.256. The van der Waals surface area contributed by atoms with E-state index in [9.17, 15) is 5.11 Å². The summed E-state index contributed by atoms with van der Waals surface area (Å²) in [6, 6.07) is 12.8. The lowest BCUT2D eigenvalue weighted by molar-refractivity contribution is 0.476. The zero-order valence-corrected chi connectivity index (χ0v) is 10.3. The number of aromatic nitrogens is 1. The van der Waals surface area contributed by atoms with Crippen LogP contribution in [0.2, 0.25) is 5.02 Å². The second kappa shape index (κ2) is 4.02. The minimum absolute atomic E-state index is 0.256. The molecule has 1 aromatic heterocycles. The molecule has 0 aliphatic heterocycles. The summed E-state index contributed by atoms with van der Waals surface area (Å²) >= 11 is 7.66. The average Bonchev–Trinajstić information content (AvgIpc) is 2.72. The number of hydrogen-bond acceptors (Lipinski definition) is 3. The van der Waals surface area contributed by atoms with Crippen LogP contribution in [0.4, 0.5) is 0 Å². The Kier molecular flexibility index (Phi) is 2.50. The van der Waals surface area contributed by atoms with Gasteiger partial charge in [-0.05, 0) is 24.3 Å². The molecule has 0 saturated heterocycles. The highest BCUT2D eigenvalue weighted by Gasteiger charge is 2.09. The fourth-order valence-electron chi connectivity index (χ4n) is 1.66. The summed E-state index contributed by atoms with van der Waals surface area (Å²) in [5.41, 5.74) is 1.80. The zero-order chi connectivity index (χ0) is 11.8. The van der Waals surface area contributed by atoms with Crippen molar-refractivity contribution in [2.45, 2.75) is 0 Å². The van der Waals surface area contributed by atoms with Gasteiger partial charge in [0.25, 0.3) is 0 Å². The molecule has 2 aromatic carbocycles. The third-order valence-corrected chi connectivity index (χ3v) is 3.86. The number of aromatic hydroxyl groups is 1. The summed E-state index contributed by atoms with van der Waals surface area (Å²) in [5.74, 6) is 0.256. The van der Waals surface area contributed by atoms with E-state index in [1.165, 1.54) is 11.3 Å². The van der Waals surface area contributed by atoms with Crippen LogP contribution in [-0.4, -0.2) is 10.1 Å². The molecule has 2 nitrogen and oxygen atoms in total. The van der Waals surface area contributed by atoms with Crippen molar-refractivity contribution in [2.24, 2.45) is 0 Å². The molecular weight excluding hydrogens is 254 g/mol. The van der Waals surface area contributed by atoms with E-state index < -0.39 is 0 Å². The highest BCUT2D eigenvalue weighted by Crippen LogP contribution is 2.35. The van der Waals surface area contributed by atoms with Gasteiger partial charge in [0.2, 0.25) is 0 Å². The summed E-state index contributed by atoms with van der Waals surface area (Å²) in [7, 11) is 0. The summed E-state index contributed by atoms with van der Waals surface area (Å²) in [4.78, 5) is 4.51. The van der Waals surface area contributed by atoms with E-state index in [0.29, 0.717) is 5.02 Å². The molecule has 3 rings (SSSR count). The topological polar surface area (TPSA) is 33.1 Å². The predicted octanol–water partition coefficient (Wildman–Crippen LogP) is 4.32. The Hall–Kier alpha value is -1.58. The van der Waals surface area contributed by atoms with Crippen LogP contribution < -0.4 is 0 Å². The molecule has 0 spiro atoms. The first-order valence-corrected chi connectivity index (χ1v) is 6.28. The van der Waals surface area contributed by atoms with Crippen molar-refractivity contribution in [3.8, 4) is 16.3 Å². The van der Waals surface area contributed by atoms with Crippen molar-refractivity contribution < 1.29 is 5.11 Å². The van der Waals surface area contributed by atoms with E-state index in [2.05, 4.69) is 4.98 Å². The monoisotopic (exact) mass is 261 g/mol. The fourth-order valence-corrected chi connectivity index (χ4v) is 2.98. The molecule has 0 aliphatic carbocycles. The van der Waals surface area contributed by atoms with Gasteiger partial charge in [0.05, 0.1) is 15.2 Å². The minimum Gasteiger partial charge on any atom is -0.508 e. The van der Waals surface area contributed by atoms with Gasteiger partial charge in [0, 0.05) is 5.56 Å². The van der Waals surface area contributed by atoms with Crippen LogP contribution in [0.1, 0.15) is 0 Å². The smallest absolute Gasteiger partial charge is 0.126 e. The lowest BCUT2D eigenvalue weighted by atomic mass is 10.2. The third kappa shape index (κ3) is 1.88. The van der Waals surface area contributed by atoms with E-state index in [0.717, 1.165) is 20.8 Å². The van der Waals surface area contributed by atoms with Crippen LogP contribution in [0.5, 0.6) is 5.75 Å². The van der Waals surface area contributed by atoms with Crippen molar-refractivity contribution in [3.63, 3.8) is 0 Å². The number of fused-ring (bicyclic) bond motifs is 1. The molecule has 0 atom stereocenters. The van der Waals surface area contributed by atoms with Crippen LogP contribution >= 0.6 is 22.9 Å². The Morgan fingerprint density at radius 3 is 2.76 bits per heavy atom. The molecule has 0 radical (unpaired) electrons. The summed E-state index contributed by atoms with van der Waals surface area (Å²) in [6.45, 7) is 0. The zero-order valence-electron chi connectivity index (χ0n) is 8.72. The quantitative estimate of drug-likeness (QED) is 0.708. The first-order valence-electron chi connectivity index (χ1n) is 5.08. The van der Waals surface area contributed by atoms with Crippen LogP contribution in [-0.2, 0) is 0 Å². The van der Waals surface area contributed by atoms with E-state index in [1.54, 1.807) is 12.1 Å². The standard InChI is InChI=1S/C13H8ClNOS/c14-10-4-2-1-3-9(10)13-15-11-6-5-8(16)7-12(11)17-13/h1-7,16H. The summed E-state index contributed by atoms with van der Waals surface area (Å²) in [5, 5.41) is 11.0. The molecule has 1 N–H and O–H groups in total. The first kappa shape index (κ1) is 10.6. The van der Waals surface area contributed by atoms with Gasteiger partial charge in [-0.15, -0.1) is 11.3 Å². The molecule has 0 unspecified atom stereocenters. The van der Waals surface area contributed by atoms with Gasteiger partial charge in [0.15, 0.2) is 0 Å². The Labute approximate surface area is 107 Å². The van der Waals surface area contributed by atoms with Crippen molar-refractivity contribution in [3.05, 3.63) is 47.5 Å². The molecule has 4 heteroatoms. The van der Waals surface area contributed by atoms with E-state index >= 15 is 0 Å². The number of thiazole rings is 1. The fraction of sp³-hybridized carbons (Fsp3) is 0. The highest BCUT2D eigenvalue weighted by molar-refractivity contribution is 7.21. The van der Waals surface area contributed by atoms with Crippen LogP contribution in [0, 0.1) is 0 Å². The van der Waals surface area contributed by atoms with Gasteiger partial charge in [-0.2, -0.15) is 0 Å². The highest BCUT2D eigenvalue weighted by atomic mass is 35.5. The van der Waals surface area contributed by atoms with Crippen LogP contribution in [0.3, 0.4) is 0 Å². The second-order valence-electron chi connectivity index (χ2n) is 3.65. The SMILES string of the molecule is Oc1ccc2nc(-c3ccccc3Cl)sc2c1. The summed E-state index contributed by atoms with van der Waals surface area (Å²) < 4.78 is 0.958. The number of benzene rings is 2. The van der Waals surface area contributed by atoms with Gasteiger partial charge in [0.1, 0.15) is 10.8 Å². The number of nitrogens with zero attached hydrogens (tertiary/aromatic N) is 1. The molecule has 17 heavy (non-hydrogen) atoms. The molecule has 1 heterocycles. The molecule has 0 saturated carbocycles. The number of phenols is 1. The van der Waals surface area contributed by atoms with Crippen molar-refractivity contribution in [1.29, 1.82) is 0 Å². The second-order valence-corrected chi connectivity index (χ2v) is 5.09. The average molecular weight is 262 g/mol. The van der Waals surface area contributed by atoms with Crippen molar-refractivity contribution in [2.75, 3.05) is 0 Å². The molecule has 0 aliphatic rings. The van der Waals surface area contributed by atoms with Crippen molar-refractivity contribution in [1.82, 2.24) is 4.98 Å². The Balaban J connectivity index is 2.22. The van der Waals surface area contributed by atoms with Gasteiger partial charge in [-0.25, -0.2) is 4.98 Å². The molecule has 84 valence electrons. The Morgan fingerprint density at radius 1 is 1.12 bits per heavy atom. The number of hydrogen-bond donors (Lipinski definition) is 1. The maximum atomic E-state index is 9.42. The molecule has 0 amide bonds. The normalized spacial score (nSPS) is 10.9. The maximum Gasteiger partial charge on any atom is 0.126 e. The van der Waals surface area contributed by atoms with Gasteiger partial charge in [-0.3, -0.25) is 0 Å². The predicted molar refractivity (Wildman–Crippen MR) is 71.7 cm³/mol. The summed E-state index contributed by atoms with van der Waals surface area (Å²) in [6.07, 6.45) is 0. The lowest BCUT2D eigenvalue weighted by Crippen LogP contribution is -1.76. The molecule has 3 aromatic rings. The Morgan fingerprint density at radius 2 is 1.94 bits per heavy atom. The van der Waals surface area contributed by atoms with Crippen molar-refractivity contribution >= 4 is 33.2 Å². The van der Waals surface area contributed by atoms with Gasteiger partial charge >= 0.3 is 0 Å². The number of phenolic OH excluding ortho intramolecular Hbond substituents is 1. The lowest BCUT2D eigenvalue weighted by Gasteiger charge is -1.97. The Bertz CT molecular complexity index is 693. The first-order chi connectivity index (χ1) is 8.24. The number of rotatable bonds is 1. The molecule has 0 bridgehead atoms. The van der Waals surface area contributed by atoms with Crippen LogP contribution in [0.15, 0.2) is 42.5 Å². The van der Waals surface area contributed by atoms with Crippen LogP contribution in [0.25, 0.3) is 20.8 Å². The third-order valence-electron chi connectivity index (χ3n) is 2.48. The van der Waals surface area contributed by atoms with E-state index in [1.807, 2.05) is 30.3 Å². The van der Waals surface area contributed by atoms with Gasteiger partial charge < -0.3 is 5.11 Å². The molecule has 0 fully saturated rings. The van der Waals surface area contributed by atoms with E-state index in [-0.39, 0.29) is 5.75 Å². The van der Waals surface area contributed by atoms with E-state index in [4.69, 9.17) is 11.6 Å². The maximum absolute atomic E-state index is 9.42. The largest absolute Gasteiger partial charge is 0.508 e. The number of halogens is 1. The molecular formula is C13H8ClNOS.